The third-order valence-corrected chi connectivity index (χ3v) is 3.44. The molecular weight excluding hydrogens is 304 g/mol. The van der Waals surface area contributed by atoms with E-state index >= 15 is 0 Å². The molecule has 1 aromatic carbocycles. The highest BCUT2D eigenvalue weighted by Crippen LogP contribution is 2.12. The van der Waals surface area contributed by atoms with E-state index in [1.165, 1.54) is 11.1 Å². The van der Waals surface area contributed by atoms with Crippen LogP contribution >= 0.6 is 0 Å². The predicted molar refractivity (Wildman–Crippen MR) is 91.9 cm³/mol. The standard InChI is InChI=1S/C18H18N4O2/c1-12-4-3-5-14(8-12)10-19-15-6-7-16(20-11-15)18(23)21-17-9-13(2)24-22-17/h3-9,11,19H,10H2,1-2H3,(H,21,22,23). The SMILES string of the molecule is Cc1cccc(CNc2ccc(C(=O)Nc3cc(C)on3)nc2)c1. The molecule has 0 bridgehead atoms. The molecule has 3 aromatic rings. The van der Waals surface area contributed by atoms with Crippen molar-refractivity contribution in [2.75, 3.05) is 10.6 Å². The van der Waals surface area contributed by atoms with Crippen LogP contribution in [0.3, 0.4) is 0 Å². The quantitative estimate of drug-likeness (QED) is 0.751. The molecule has 0 unspecified atom stereocenters. The molecule has 0 atom stereocenters. The molecule has 0 spiro atoms. The van der Waals surface area contributed by atoms with Crippen molar-refractivity contribution in [1.82, 2.24) is 10.1 Å². The first-order valence-corrected chi connectivity index (χ1v) is 7.60. The van der Waals surface area contributed by atoms with Crippen LogP contribution in [0.15, 0.2) is 53.2 Å². The van der Waals surface area contributed by atoms with Crippen molar-refractivity contribution >= 4 is 17.4 Å². The van der Waals surface area contributed by atoms with Gasteiger partial charge in [-0.25, -0.2) is 4.98 Å². The molecule has 2 heterocycles. The molecule has 0 saturated heterocycles. The lowest BCUT2D eigenvalue weighted by molar-refractivity contribution is 0.102. The fourth-order valence-electron chi connectivity index (χ4n) is 2.26. The zero-order valence-electron chi connectivity index (χ0n) is 13.5. The number of carbonyl (C=O) groups excluding carboxylic acids is 1. The summed E-state index contributed by atoms with van der Waals surface area (Å²) in [6, 6.07) is 13.4. The summed E-state index contributed by atoms with van der Waals surface area (Å²) in [5, 5.41) is 9.64. The van der Waals surface area contributed by atoms with E-state index in [0.29, 0.717) is 23.8 Å². The monoisotopic (exact) mass is 322 g/mol. The summed E-state index contributed by atoms with van der Waals surface area (Å²) in [6.07, 6.45) is 1.64. The van der Waals surface area contributed by atoms with Crippen molar-refractivity contribution in [3.8, 4) is 0 Å². The second-order valence-corrected chi connectivity index (χ2v) is 5.55. The van der Waals surface area contributed by atoms with Crippen molar-refractivity contribution < 1.29 is 9.32 Å². The van der Waals surface area contributed by atoms with Crippen molar-refractivity contribution in [1.29, 1.82) is 0 Å². The number of amides is 1. The van der Waals surface area contributed by atoms with E-state index in [2.05, 4.69) is 45.9 Å². The maximum Gasteiger partial charge on any atom is 0.275 e. The van der Waals surface area contributed by atoms with Crippen LogP contribution in [0.5, 0.6) is 0 Å². The molecule has 0 fully saturated rings. The molecule has 2 N–H and O–H groups in total. The topological polar surface area (TPSA) is 80.0 Å². The molecular formula is C18H18N4O2. The van der Waals surface area contributed by atoms with Gasteiger partial charge in [-0.1, -0.05) is 35.0 Å². The number of hydrogen-bond acceptors (Lipinski definition) is 5. The fourth-order valence-corrected chi connectivity index (χ4v) is 2.26. The van der Waals surface area contributed by atoms with Gasteiger partial charge in [0.2, 0.25) is 0 Å². The van der Waals surface area contributed by atoms with E-state index in [4.69, 9.17) is 4.52 Å². The summed E-state index contributed by atoms with van der Waals surface area (Å²) in [5.74, 6) is 0.684. The minimum Gasteiger partial charge on any atom is -0.380 e. The lowest BCUT2D eigenvalue weighted by Crippen LogP contribution is -2.14. The Kier molecular flexibility index (Phi) is 4.56. The minimum atomic E-state index is -0.325. The fraction of sp³-hybridized carbons (Fsp3) is 0.167. The number of rotatable bonds is 5. The van der Waals surface area contributed by atoms with Gasteiger partial charge in [0.15, 0.2) is 5.82 Å². The zero-order valence-corrected chi connectivity index (χ0v) is 13.5. The Bertz CT molecular complexity index is 840. The molecule has 6 nitrogen and oxygen atoms in total. The van der Waals surface area contributed by atoms with Gasteiger partial charge in [0.05, 0.1) is 11.9 Å². The van der Waals surface area contributed by atoms with Crippen molar-refractivity contribution in [2.45, 2.75) is 20.4 Å². The van der Waals surface area contributed by atoms with Gasteiger partial charge >= 0.3 is 0 Å². The molecule has 0 aliphatic heterocycles. The minimum absolute atomic E-state index is 0.316. The van der Waals surface area contributed by atoms with E-state index in [1.807, 2.05) is 12.1 Å². The first-order chi connectivity index (χ1) is 11.6. The van der Waals surface area contributed by atoms with E-state index < -0.39 is 0 Å². The number of nitrogens with one attached hydrogen (secondary N) is 2. The summed E-state index contributed by atoms with van der Waals surface area (Å²) in [4.78, 5) is 16.3. The van der Waals surface area contributed by atoms with Crippen LogP contribution in [0.1, 0.15) is 27.4 Å². The highest BCUT2D eigenvalue weighted by molar-refractivity contribution is 6.02. The van der Waals surface area contributed by atoms with Crippen LogP contribution in [-0.2, 0) is 6.54 Å². The summed E-state index contributed by atoms with van der Waals surface area (Å²) < 4.78 is 4.91. The van der Waals surface area contributed by atoms with Crippen LogP contribution in [0.4, 0.5) is 11.5 Å². The number of hydrogen-bond donors (Lipinski definition) is 2. The molecule has 3 rings (SSSR count). The highest BCUT2D eigenvalue weighted by Gasteiger charge is 2.10. The van der Waals surface area contributed by atoms with Gasteiger partial charge in [-0.15, -0.1) is 0 Å². The smallest absolute Gasteiger partial charge is 0.275 e. The van der Waals surface area contributed by atoms with Gasteiger partial charge in [0.25, 0.3) is 5.91 Å². The Balaban J connectivity index is 1.59. The molecule has 0 radical (unpaired) electrons. The van der Waals surface area contributed by atoms with E-state index in [1.54, 1.807) is 25.3 Å². The van der Waals surface area contributed by atoms with Crippen molar-refractivity contribution in [3.63, 3.8) is 0 Å². The van der Waals surface area contributed by atoms with E-state index in [9.17, 15) is 4.79 Å². The van der Waals surface area contributed by atoms with Crippen LogP contribution in [0.2, 0.25) is 0 Å². The number of nitrogens with zero attached hydrogens (tertiary/aromatic N) is 2. The summed E-state index contributed by atoms with van der Waals surface area (Å²) in [6.45, 7) is 4.53. The van der Waals surface area contributed by atoms with Gasteiger partial charge in [0.1, 0.15) is 11.5 Å². The number of pyridine rings is 1. The second kappa shape index (κ2) is 6.95. The second-order valence-electron chi connectivity index (χ2n) is 5.55. The molecule has 0 aliphatic rings. The van der Waals surface area contributed by atoms with Gasteiger partial charge in [-0.05, 0) is 31.5 Å². The normalized spacial score (nSPS) is 10.4. The van der Waals surface area contributed by atoms with E-state index in [0.717, 1.165) is 5.69 Å². The van der Waals surface area contributed by atoms with Crippen LogP contribution in [0.25, 0.3) is 0 Å². The molecule has 0 saturated carbocycles. The van der Waals surface area contributed by atoms with Gasteiger partial charge in [0, 0.05) is 12.6 Å². The first-order valence-electron chi connectivity index (χ1n) is 7.60. The van der Waals surface area contributed by atoms with Crippen molar-refractivity contribution in [2.24, 2.45) is 0 Å². The number of carbonyl (C=O) groups is 1. The number of aromatic nitrogens is 2. The Labute approximate surface area is 139 Å². The Morgan fingerprint density at radius 1 is 1.17 bits per heavy atom. The molecule has 6 heteroatoms. The molecule has 24 heavy (non-hydrogen) atoms. The lowest BCUT2D eigenvalue weighted by atomic mass is 10.1. The zero-order chi connectivity index (χ0) is 16.9. The third-order valence-electron chi connectivity index (χ3n) is 3.44. The molecule has 122 valence electrons. The Hall–Kier alpha value is -3.15. The average molecular weight is 322 g/mol. The van der Waals surface area contributed by atoms with Gasteiger partial charge in [-0.3, -0.25) is 4.79 Å². The number of aryl methyl sites for hydroxylation is 2. The van der Waals surface area contributed by atoms with Gasteiger partial charge < -0.3 is 15.2 Å². The Morgan fingerprint density at radius 3 is 2.71 bits per heavy atom. The van der Waals surface area contributed by atoms with E-state index in [-0.39, 0.29) is 5.91 Å². The largest absolute Gasteiger partial charge is 0.380 e. The highest BCUT2D eigenvalue weighted by atomic mass is 16.5. The molecule has 0 aliphatic carbocycles. The number of benzene rings is 1. The predicted octanol–water partition coefficient (Wildman–Crippen LogP) is 3.55. The maximum absolute atomic E-state index is 12.1. The maximum atomic E-state index is 12.1. The lowest BCUT2D eigenvalue weighted by Gasteiger charge is -2.07. The average Bonchev–Trinajstić information content (AvgIpc) is 2.98. The summed E-state index contributed by atoms with van der Waals surface area (Å²) in [7, 11) is 0. The van der Waals surface area contributed by atoms with Crippen LogP contribution in [0, 0.1) is 13.8 Å². The van der Waals surface area contributed by atoms with Crippen LogP contribution < -0.4 is 10.6 Å². The van der Waals surface area contributed by atoms with Gasteiger partial charge in [-0.2, -0.15) is 0 Å². The van der Waals surface area contributed by atoms with Crippen LogP contribution in [-0.4, -0.2) is 16.0 Å². The summed E-state index contributed by atoms with van der Waals surface area (Å²) >= 11 is 0. The molecule has 1 amide bonds. The van der Waals surface area contributed by atoms with Crippen molar-refractivity contribution in [3.05, 3.63) is 71.2 Å². The summed E-state index contributed by atoms with van der Waals surface area (Å²) in [5.41, 5.74) is 3.59. The Morgan fingerprint density at radius 2 is 2.04 bits per heavy atom. The number of anilines is 2. The first kappa shape index (κ1) is 15.7. The third kappa shape index (κ3) is 3.98. The molecule has 2 aromatic heterocycles.